The Labute approximate surface area is 246 Å². The predicted molar refractivity (Wildman–Crippen MR) is 169 cm³/mol. The smallest absolute Gasteiger partial charge is 0.175 e. The summed E-state index contributed by atoms with van der Waals surface area (Å²) in [6.45, 7) is 11.7. The zero-order valence-electron chi connectivity index (χ0n) is 25.1. The Balaban J connectivity index is 1.85. The van der Waals surface area contributed by atoms with Gasteiger partial charge in [0.2, 0.25) is 0 Å². The molecule has 5 nitrogen and oxygen atoms in total. The maximum atomic E-state index is 14.0. The summed E-state index contributed by atoms with van der Waals surface area (Å²) in [5.74, 6) is 0.0730. The number of Topliss-reactive ketones (excluding diaryl/α,β-unsaturated/α-hetero) is 1. The van der Waals surface area contributed by atoms with E-state index in [0.29, 0.717) is 6.42 Å². The first-order valence-corrected chi connectivity index (χ1v) is 17.1. The van der Waals surface area contributed by atoms with Crippen LogP contribution in [0.15, 0.2) is 83.9 Å². The Hall–Kier alpha value is -3.16. The van der Waals surface area contributed by atoms with Crippen LogP contribution in [0.2, 0.25) is 0 Å². The molecule has 0 saturated heterocycles. The van der Waals surface area contributed by atoms with Gasteiger partial charge in [-0.15, -0.1) is 0 Å². The molecule has 4 rings (SSSR count). The quantitative estimate of drug-likeness (QED) is 0.220. The van der Waals surface area contributed by atoms with Crippen molar-refractivity contribution in [3.63, 3.8) is 0 Å². The molecule has 0 fully saturated rings. The third kappa shape index (κ3) is 6.21. The van der Waals surface area contributed by atoms with Crippen LogP contribution in [-0.4, -0.2) is 35.9 Å². The van der Waals surface area contributed by atoms with Crippen LogP contribution >= 0.6 is 0 Å². The van der Waals surface area contributed by atoms with E-state index in [2.05, 4.69) is 23.2 Å². The van der Waals surface area contributed by atoms with Crippen molar-refractivity contribution in [2.75, 3.05) is 12.5 Å². The highest BCUT2D eigenvalue weighted by Gasteiger charge is 2.41. The zero-order valence-corrected chi connectivity index (χ0v) is 26.7. The van der Waals surface area contributed by atoms with Crippen molar-refractivity contribution in [3.8, 4) is 11.1 Å². The van der Waals surface area contributed by atoms with Gasteiger partial charge in [-0.3, -0.25) is 14.0 Å². The number of hydrogen-bond donors (Lipinski definition) is 0. The molecule has 7 heteroatoms. The second kappa shape index (κ2) is 10.9. The van der Waals surface area contributed by atoms with Gasteiger partial charge in [0.25, 0.3) is 0 Å². The largest absolute Gasteiger partial charge is 0.298 e. The summed E-state index contributed by atoms with van der Waals surface area (Å²) in [4.78, 5) is 18.9. The molecular formula is C34H39NO4S2. The molecule has 0 amide bonds. The Morgan fingerprint density at radius 3 is 2.10 bits per heavy atom. The molecule has 0 saturated carbocycles. The number of carbonyl (C=O) groups excluding carboxylic acids is 1. The fourth-order valence-electron chi connectivity index (χ4n) is 5.39. The second-order valence-electron chi connectivity index (χ2n) is 12.6. The fourth-order valence-corrected chi connectivity index (χ4v) is 6.47. The van der Waals surface area contributed by atoms with Gasteiger partial charge in [-0.05, 0) is 79.8 Å². The molecule has 0 N–H and O–H groups in total. The van der Waals surface area contributed by atoms with Crippen molar-refractivity contribution >= 4 is 37.3 Å². The lowest BCUT2D eigenvalue weighted by Crippen LogP contribution is -2.42. The molecule has 1 heterocycles. The molecule has 2 unspecified atom stereocenters. The second-order valence-corrected chi connectivity index (χ2v) is 16.6. The van der Waals surface area contributed by atoms with E-state index in [9.17, 15) is 17.4 Å². The van der Waals surface area contributed by atoms with E-state index in [-0.39, 0.29) is 10.7 Å². The van der Waals surface area contributed by atoms with Gasteiger partial charge in [0.15, 0.2) is 9.84 Å². The zero-order chi connectivity index (χ0) is 30.4. The van der Waals surface area contributed by atoms with E-state index in [1.165, 1.54) is 6.26 Å². The lowest BCUT2D eigenvalue weighted by atomic mass is 9.66. The summed E-state index contributed by atoms with van der Waals surface area (Å²) in [6.07, 6.45) is 5.12. The molecule has 0 aliphatic carbocycles. The summed E-state index contributed by atoms with van der Waals surface area (Å²) < 4.78 is 36.3. The van der Waals surface area contributed by atoms with Crippen LogP contribution in [0.5, 0.6) is 0 Å². The molecule has 216 valence electrons. The molecule has 0 aliphatic rings. The lowest BCUT2D eigenvalue weighted by Gasteiger charge is -2.35. The van der Waals surface area contributed by atoms with Gasteiger partial charge in [0.05, 0.1) is 20.6 Å². The molecule has 0 spiro atoms. The van der Waals surface area contributed by atoms with E-state index < -0.39 is 36.2 Å². The first kappa shape index (κ1) is 30.8. The van der Waals surface area contributed by atoms with E-state index >= 15 is 0 Å². The highest BCUT2D eigenvalue weighted by Crippen LogP contribution is 2.39. The van der Waals surface area contributed by atoms with Crippen LogP contribution < -0.4 is 0 Å². The average molecular weight is 590 g/mol. The fraction of sp³-hybridized carbons (Fsp3) is 0.353. The number of nitrogens with zero attached hydrogens (tertiary/aromatic N) is 1. The van der Waals surface area contributed by atoms with Crippen LogP contribution in [-0.2, 0) is 42.0 Å². The average Bonchev–Trinajstić information content (AvgIpc) is 2.91. The SMILES string of the molecule is CS(=O)C(C)(C)c1cc(-c2cccc(CC(C)(C(=O)C(C)(C)C)c3ccc(S(C)(=O)=O)cc3)c2)c2ncccc2c1. The summed E-state index contributed by atoms with van der Waals surface area (Å²) in [6, 6.07) is 22.9. The van der Waals surface area contributed by atoms with Crippen molar-refractivity contribution in [2.45, 2.75) is 63.0 Å². The van der Waals surface area contributed by atoms with Gasteiger partial charge in [0, 0.05) is 45.9 Å². The van der Waals surface area contributed by atoms with E-state index in [1.807, 2.05) is 71.9 Å². The number of hydrogen-bond acceptors (Lipinski definition) is 5. The minimum Gasteiger partial charge on any atom is -0.298 e. The summed E-state index contributed by atoms with van der Waals surface area (Å²) in [5, 5.41) is 0.975. The molecule has 0 bridgehead atoms. The van der Waals surface area contributed by atoms with Gasteiger partial charge in [0.1, 0.15) is 5.78 Å². The number of rotatable bonds is 8. The number of pyridine rings is 1. The Bertz CT molecular complexity index is 1750. The lowest BCUT2D eigenvalue weighted by molar-refractivity contribution is -0.131. The molecule has 1 aromatic heterocycles. The standard InChI is InChI=1S/C34H39NO4S2/c1-32(2,3)31(36)34(6,26-14-16-28(17-15-26)41(8,38)39)22-23-11-9-12-24(19-23)29-21-27(33(4,5)40(7)37)20-25-13-10-18-35-30(25)29/h9-21H,22H2,1-8H3. The number of carbonyl (C=O) groups is 1. The number of sulfone groups is 1. The van der Waals surface area contributed by atoms with Crippen LogP contribution in [0, 0.1) is 5.41 Å². The Morgan fingerprint density at radius 2 is 1.51 bits per heavy atom. The van der Waals surface area contributed by atoms with Crippen LogP contribution in [0.4, 0.5) is 0 Å². The topological polar surface area (TPSA) is 81.2 Å². The van der Waals surface area contributed by atoms with Gasteiger partial charge >= 0.3 is 0 Å². The van der Waals surface area contributed by atoms with Crippen molar-refractivity contribution < 1.29 is 17.4 Å². The van der Waals surface area contributed by atoms with Gasteiger partial charge in [-0.2, -0.15) is 0 Å². The van der Waals surface area contributed by atoms with E-state index in [1.54, 1.807) is 36.7 Å². The number of aromatic nitrogens is 1. The molecule has 2 atom stereocenters. The number of fused-ring (bicyclic) bond motifs is 1. The van der Waals surface area contributed by atoms with Crippen LogP contribution in [0.25, 0.3) is 22.0 Å². The summed E-state index contributed by atoms with van der Waals surface area (Å²) in [5.41, 5.74) is 3.98. The van der Waals surface area contributed by atoms with Crippen molar-refractivity contribution in [3.05, 3.63) is 95.7 Å². The predicted octanol–water partition coefficient (Wildman–Crippen LogP) is 7.03. The minimum atomic E-state index is -3.36. The highest BCUT2D eigenvalue weighted by molar-refractivity contribution is 7.90. The van der Waals surface area contributed by atoms with E-state index in [0.717, 1.165) is 38.7 Å². The molecule has 41 heavy (non-hydrogen) atoms. The Morgan fingerprint density at radius 1 is 0.854 bits per heavy atom. The molecule has 4 aromatic rings. The summed E-state index contributed by atoms with van der Waals surface area (Å²) in [7, 11) is -4.45. The van der Waals surface area contributed by atoms with Crippen molar-refractivity contribution in [1.82, 2.24) is 4.98 Å². The summed E-state index contributed by atoms with van der Waals surface area (Å²) >= 11 is 0. The first-order chi connectivity index (χ1) is 18.9. The normalized spacial score (nSPS) is 14.9. The van der Waals surface area contributed by atoms with Crippen LogP contribution in [0.3, 0.4) is 0 Å². The maximum Gasteiger partial charge on any atom is 0.175 e. The molecular weight excluding hydrogens is 551 g/mol. The van der Waals surface area contributed by atoms with E-state index in [4.69, 9.17) is 0 Å². The van der Waals surface area contributed by atoms with Gasteiger partial charge in [-0.1, -0.05) is 63.2 Å². The van der Waals surface area contributed by atoms with Crippen molar-refractivity contribution in [1.29, 1.82) is 0 Å². The van der Waals surface area contributed by atoms with Crippen molar-refractivity contribution in [2.24, 2.45) is 5.41 Å². The third-order valence-electron chi connectivity index (χ3n) is 8.02. The van der Waals surface area contributed by atoms with Gasteiger partial charge < -0.3 is 0 Å². The van der Waals surface area contributed by atoms with Gasteiger partial charge in [-0.25, -0.2) is 8.42 Å². The first-order valence-electron chi connectivity index (χ1n) is 13.6. The number of benzene rings is 3. The maximum absolute atomic E-state index is 14.0. The molecule has 0 radical (unpaired) electrons. The molecule has 0 aliphatic heterocycles. The third-order valence-corrected chi connectivity index (χ3v) is 10.8. The van der Waals surface area contributed by atoms with Crippen LogP contribution in [0.1, 0.15) is 58.2 Å². The minimum absolute atomic E-state index is 0.0730. The molecule has 3 aromatic carbocycles. The number of ketones is 1. The monoisotopic (exact) mass is 589 g/mol. The highest BCUT2D eigenvalue weighted by atomic mass is 32.2. The Kier molecular flexibility index (Phi) is 8.20.